The maximum absolute atomic E-state index is 13.1. The SMILES string of the molecule is COc1cc(C(=O)NC(C)(C)CCN(C)C)ccc1-c1cc2nccc(-c3ccc(OC4CCOCC4)c(C#N)c3)c2o1. The van der Waals surface area contributed by atoms with Crippen molar-refractivity contribution in [2.75, 3.05) is 41.0 Å². The van der Waals surface area contributed by atoms with Crippen molar-refractivity contribution in [1.29, 1.82) is 5.26 Å². The molecule has 1 fully saturated rings. The first-order valence-corrected chi connectivity index (χ1v) is 14.5. The van der Waals surface area contributed by atoms with Gasteiger partial charge in [-0.05, 0) is 82.9 Å². The lowest BCUT2D eigenvalue weighted by Crippen LogP contribution is -2.45. The van der Waals surface area contributed by atoms with Crippen molar-refractivity contribution in [3.8, 4) is 40.0 Å². The summed E-state index contributed by atoms with van der Waals surface area (Å²) in [5.74, 6) is 1.48. The minimum Gasteiger partial charge on any atom is -0.496 e. The van der Waals surface area contributed by atoms with E-state index in [1.807, 2.05) is 64.3 Å². The Morgan fingerprint density at radius 2 is 1.88 bits per heavy atom. The number of carbonyl (C=O) groups is 1. The average Bonchev–Trinajstić information content (AvgIpc) is 3.45. The molecule has 224 valence electrons. The van der Waals surface area contributed by atoms with E-state index in [4.69, 9.17) is 18.6 Å². The van der Waals surface area contributed by atoms with Crippen LogP contribution in [-0.2, 0) is 4.74 Å². The highest BCUT2D eigenvalue weighted by molar-refractivity contribution is 5.97. The number of aromatic nitrogens is 1. The number of hydrogen-bond acceptors (Lipinski definition) is 8. The number of furan rings is 1. The molecule has 1 aliphatic heterocycles. The van der Waals surface area contributed by atoms with Gasteiger partial charge in [-0.3, -0.25) is 9.78 Å². The molecule has 0 radical (unpaired) electrons. The summed E-state index contributed by atoms with van der Waals surface area (Å²) in [6.07, 6.45) is 4.18. The Morgan fingerprint density at radius 1 is 1.09 bits per heavy atom. The van der Waals surface area contributed by atoms with Crippen molar-refractivity contribution in [2.45, 2.75) is 44.8 Å². The van der Waals surface area contributed by atoms with Crippen molar-refractivity contribution >= 4 is 17.0 Å². The molecule has 9 heteroatoms. The van der Waals surface area contributed by atoms with Crippen molar-refractivity contribution in [2.24, 2.45) is 0 Å². The van der Waals surface area contributed by atoms with E-state index in [-0.39, 0.29) is 17.6 Å². The van der Waals surface area contributed by atoms with E-state index in [9.17, 15) is 10.1 Å². The Balaban J connectivity index is 1.42. The Kier molecular flexibility index (Phi) is 9.00. The van der Waals surface area contributed by atoms with Crippen LogP contribution in [0.1, 0.15) is 49.0 Å². The summed E-state index contributed by atoms with van der Waals surface area (Å²) in [6.45, 7) is 6.23. The number of hydrogen-bond donors (Lipinski definition) is 1. The molecule has 0 atom stereocenters. The van der Waals surface area contributed by atoms with Crippen LogP contribution in [0.4, 0.5) is 0 Å². The molecule has 1 amide bonds. The Bertz CT molecular complexity index is 1650. The van der Waals surface area contributed by atoms with E-state index in [0.29, 0.717) is 58.3 Å². The summed E-state index contributed by atoms with van der Waals surface area (Å²) < 4.78 is 23.6. The molecule has 4 aromatic rings. The standard InChI is InChI=1S/C34H38N4O5/c1-34(2,13-15-38(3)4)37-33(39)23-6-8-27(30(19-23)40-5)31-20-28-32(43-31)26(10-14-36-28)22-7-9-29(24(18-22)21-35)42-25-11-16-41-17-12-25/h6-10,14,18-20,25H,11-13,15-17H2,1-5H3,(H,37,39). The summed E-state index contributed by atoms with van der Waals surface area (Å²) >= 11 is 0. The molecule has 3 heterocycles. The second-order valence-corrected chi connectivity index (χ2v) is 11.7. The second kappa shape index (κ2) is 12.9. The first kappa shape index (κ1) is 30.1. The number of rotatable bonds is 10. The maximum atomic E-state index is 13.1. The zero-order valence-corrected chi connectivity index (χ0v) is 25.4. The molecule has 0 spiro atoms. The lowest BCUT2D eigenvalue weighted by atomic mass is 9.99. The van der Waals surface area contributed by atoms with Gasteiger partial charge in [-0.1, -0.05) is 6.07 Å². The largest absolute Gasteiger partial charge is 0.496 e. The summed E-state index contributed by atoms with van der Waals surface area (Å²) in [5.41, 5.74) is 4.18. The topological polar surface area (TPSA) is 110 Å². The predicted octanol–water partition coefficient (Wildman–Crippen LogP) is 6.06. The highest BCUT2D eigenvalue weighted by Crippen LogP contribution is 2.38. The summed E-state index contributed by atoms with van der Waals surface area (Å²) in [5, 5.41) is 13.0. The molecule has 0 unspecified atom stereocenters. The van der Waals surface area contributed by atoms with Crippen molar-refractivity contribution in [3.63, 3.8) is 0 Å². The van der Waals surface area contributed by atoms with E-state index in [1.54, 1.807) is 25.4 Å². The van der Waals surface area contributed by atoms with Crippen LogP contribution in [-0.4, -0.2) is 68.4 Å². The minimum atomic E-state index is -0.366. The quantitative estimate of drug-likeness (QED) is 0.240. The number of methoxy groups -OCH3 is 1. The fraction of sp³-hybridized carbons (Fsp3) is 0.382. The number of fused-ring (bicyclic) bond motifs is 1. The van der Waals surface area contributed by atoms with Crippen LogP contribution >= 0.6 is 0 Å². The van der Waals surface area contributed by atoms with Gasteiger partial charge >= 0.3 is 0 Å². The van der Waals surface area contributed by atoms with Crippen LogP contribution in [0.15, 0.2) is 59.1 Å². The fourth-order valence-electron chi connectivity index (χ4n) is 5.14. The number of amides is 1. The number of ether oxygens (including phenoxy) is 3. The number of nitrogens with zero attached hydrogens (tertiary/aromatic N) is 3. The molecule has 0 saturated carbocycles. The van der Waals surface area contributed by atoms with E-state index < -0.39 is 0 Å². The number of carbonyl (C=O) groups excluding carboxylic acids is 1. The lowest BCUT2D eigenvalue weighted by molar-refractivity contribution is 0.0254. The smallest absolute Gasteiger partial charge is 0.251 e. The molecule has 2 aromatic carbocycles. The van der Waals surface area contributed by atoms with Gasteiger partial charge in [-0.15, -0.1) is 0 Å². The van der Waals surface area contributed by atoms with Gasteiger partial charge < -0.3 is 28.8 Å². The highest BCUT2D eigenvalue weighted by Gasteiger charge is 2.23. The summed E-state index contributed by atoms with van der Waals surface area (Å²) in [6, 6.07) is 16.9. The third kappa shape index (κ3) is 6.99. The Labute approximate surface area is 252 Å². The van der Waals surface area contributed by atoms with E-state index >= 15 is 0 Å². The Morgan fingerprint density at radius 3 is 2.60 bits per heavy atom. The van der Waals surface area contributed by atoms with E-state index in [2.05, 4.69) is 21.3 Å². The van der Waals surface area contributed by atoms with Crippen LogP contribution in [0, 0.1) is 11.3 Å². The predicted molar refractivity (Wildman–Crippen MR) is 165 cm³/mol. The third-order valence-electron chi connectivity index (χ3n) is 7.65. The van der Waals surface area contributed by atoms with E-state index in [1.165, 1.54) is 0 Å². The number of benzene rings is 2. The minimum absolute atomic E-state index is 0.0361. The first-order chi connectivity index (χ1) is 20.7. The molecular weight excluding hydrogens is 544 g/mol. The van der Waals surface area contributed by atoms with Gasteiger partial charge in [0.2, 0.25) is 0 Å². The molecule has 0 aliphatic carbocycles. The normalized spacial score (nSPS) is 14.1. The molecule has 1 saturated heterocycles. The van der Waals surface area contributed by atoms with Gasteiger partial charge in [0.15, 0.2) is 5.58 Å². The van der Waals surface area contributed by atoms with E-state index in [0.717, 1.165) is 36.9 Å². The second-order valence-electron chi connectivity index (χ2n) is 11.7. The third-order valence-corrected chi connectivity index (χ3v) is 7.65. The summed E-state index contributed by atoms with van der Waals surface area (Å²) in [7, 11) is 5.60. The molecule has 43 heavy (non-hydrogen) atoms. The maximum Gasteiger partial charge on any atom is 0.251 e. The van der Waals surface area contributed by atoms with Crippen molar-refractivity contribution in [1.82, 2.24) is 15.2 Å². The van der Waals surface area contributed by atoms with Gasteiger partial charge in [0.1, 0.15) is 34.9 Å². The van der Waals surface area contributed by atoms with Gasteiger partial charge in [0, 0.05) is 41.8 Å². The van der Waals surface area contributed by atoms with Crippen LogP contribution in [0.25, 0.3) is 33.6 Å². The zero-order chi connectivity index (χ0) is 30.6. The van der Waals surface area contributed by atoms with Gasteiger partial charge in [0.05, 0.1) is 31.5 Å². The number of nitriles is 1. The zero-order valence-electron chi connectivity index (χ0n) is 25.4. The van der Waals surface area contributed by atoms with Gasteiger partial charge in [-0.2, -0.15) is 5.26 Å². The van der Waals surface area contributed by atoms with Gasteiger partial charge in [0.25, 0.3) is 5.91 Å². The highest BCUT2D eigenvalue weighted by atomic mass is 16.5. The lowest BCUT2D eigenvalue weighted by Gasteiger charge is -2.28. The number of pyridine rings is 1. The molecule has 9 nitrogen and oxygen atoms in total. The van der Waals surface area contributed by atoms with Crippen molar-refractivity contribution < 1.29 is 23.4 Å². The Hall–Kier alpha value is -4.39. The molecule has 1 N–H and O–H groups in total. The van der Waals surface area contributed by atoms with Gasteiger partial charge in [-0.25, -0.2) is 0 Å². The molecule has 1 aliphatic rings. The molecule has 5 rings (SSSR count). The summed E-state index contributed by atoms with van der Waals surface area (Å²) in [4.78, 5) is 19.7. The average molecular weight is 583 g/mol. The molecule has 2 aromatic heterocycles. The number of nitrogens with one attached hydrogen (secondary N) is 1. The first-order valence-electron chi connectivity index (χ1n) is 14.5. The molecular formula is C34H38N4O5. The monoisotopic (exact) mass is 582 g/mol. The van der Waals surface area contributed by atoms with Crippen molar-refractivity contribution in [3.05, 3.63) is 65.9 Å². The molecule has 0 bridgehead atoms. The van der Waals surface area contributed by atoms with Crippen LogP contribution in [0.3, 0.4) is 0 Å². The fourth-order valence-corrected chi connectivity index (χ4v) is 5.14. The van der Waals surface area contributed by atoms with Crippen LogP contribution in [0.5, 0.6) is 11.5 Å². The van der Waals surface area contributed by atoms with Crippen LogP contribution < -0.4 is 14.8 Å². The van der Waals surface area contributed by atoms with Crippen LogP contribution in [0.2, 0.25) is 0 Å².